The van der Waals surface area contributed by atoms with Gasteiger partial charge in [0.05, 0.1) is 13.2 Å². The van der Waals surface area contributed by atoms with E-state index in [9.17, 15) is 9.59 Å². The van der Waals surface area contributed by atoms with Gasteiger partial charge in [0, 0.05) is 26.2 Å². The largest absolute Gasteiger partial charge is 0.480 e. The van der Waals surface area contributed by atoms with E-state index in [-0.39, 0.29) is 25.7 Å². The van der Waals surface area contributed by atoms with E-state index in [0.29, 0.717) is 26.2 Å². The molecule has 0 aromatic rings. The zero-order valence-corrected chi connectivity index (χ0v) is 11.5. The van der Waals surface area contributed by atoms with Crippen LogP contribution in [0.3, 0.4) is 0 Å². The quantitative estimate of drug-likeness (QED) is 0.641. The van der Waals surface area contributed by atoms with Gasteiger partial charge in [0.25, 0.3) is 0 Å². The van der Waals surface area contributed by atoms with E-state index in [2.05, 4.69) is 10.8 Å². The van der Waals surface area contributed by atoms with Crippen LogP contribution < -0.4 is 0 Å². The summed E-state index contributed by atoms with van der Waals surface area (Å²) in [5.74, 6) is 1.23. The van der Waals surface area contributed by atoms with Crippen molar-refractivity contribution in [2.75, 3.05) is 52.4 Å². The highest BCUT2D eigenvalue weighted by atomic mass is 16.4. The second kappa shape index (κ2) is 8.40. The number of carbonyl (C=O) groups is 2. The van der Waals surface area contributed by atoms with Crippen molar-refractivity contribution in [3.8, 4) is 12.3 Å². The van der Waals surface area contributed by atoms with Crippen LogP contribution in [0.25, 0.3) is 0 Å². The molecule has 1 aliphatic heterocycles. The fraction of sp³-hybridized carbons (Fsp3) is 0.692. The van der Waals surface area contributed by atoms with Crippen LogP contribution in [0.4, 0.5) is 4.79 Å². The molecule has 20 heavy (non-hydrogen) atoms. The number of aliphatic hydroxyl groups excluding tert-OH is 1. The van der Waals surface area contributed by atoms with Gasteiger partial charge in [-0.3, -0.25) is 9.69 Å². The molecule has 1 aliphatic rings. The Kier molecular flexibility index (Phi) is 6.84. The fourth-order valence-electron chi connectivity index (χ4n) is 2.19. The summed E-state index contributed by atoms with van der Waals surface area (Å²) in [6.45, 7) is 2.85. The Balaban J connectivity index is 2.60. The summed E-state index contributed by atoms with van der Waals surface area (Å²) in [6, 6.07) is -0.337. The van der Waals surface area contributed by atoms with Crippen molar-refractivity contribution in [1.82, 2.24) is 14.7 Å². The third-order valence-electron chi connectivity index (χ3n) is 3.15. The Morgan fingerprint density at radius 3 is 2.60 bits per heavy atom. The van der Waals surface area contributed by atoms with E-state index in [1.807, 2.05) is 0 Å². The zero-order valence-electron chi connectivity index (χ0n) is 11.5. The van der Waals surface area contributed by atoms with Gasteiger partial charge in [0.1, 0.15) is 6.54 Å². The maximum absolute atomic E-state index is 12.3. The number of carboxylic acids is 1. The third kappa shape index (κ3) is 5.07. The van der Waals surface area contributed by atoms with E-state index in [0.717, 1.165) is 17.9 Å². The number of urea groups is 1. The SMILES string of the molecule is C#CCN(CC(=O)O)C(=O)N1CCCN(CCO)CC1. The summed E-state index contributed by atoms with van der Waals surface area (Å²) in [6.07, 6.45) is 5.97. The number of rotatable bonds is 5. The Bertz CT molecular complexity index is 380. The molecule has 0 bridgehead atoms. The topological polar surface area (TPSA) is 84.3 Å². The molecule has 0 spiro atoms. The molecule has 1 saturated heterocycles. The Hall–Kier alpha value is -1.78. The van der Waals surface area contributed by atoms with Crippen molar-refractivity contribution in [2.24, 2.45) is 0 Å². The minimum atomic E-state index is -1.08. The van der Waals surface area contributed by atoms with Gasteiger partial charge in [-0.2, -0.15) is 0 Å². The number of hydrogen-bond donors (Lipinski definition) is 2. The van der Waals surface area contributed by atoms with Crippen molar-refractivity contribution < 1.29 is 19.8 Å². The summed E-state index contributed by atoms with van der Waals surface area (Å²) in [4.78, 5) is 27.9. The van der Waals surface area contributed by atoms with Crippen LogP contribution in [0.2, 0.25) is 0 Å². The van der Waals surface area contributed by atoms with Gasteiger partial charge in [-0.05, 0) is 13.0 Å². The molecular formula is C13H21N3O4. The summed E-state index contributed by atoms with van der Waals surface area (Å²) in [5, 5.41) is 17.7. The van der Waals surface area contributed by atoms with Crippen LogP contribution in [-0.2, 0) is 4.79 Å². The molecular weight excluding hydrogens is 262 g/mol. The second-order valence-electron chi connectivity index (χ2n) is 4.64. The second-order valence-corrected chi connectivity index (χ2v) is 4.64. The first-order chi connectivity index (χ1) is 9.58. The molecule has 0 aromatic heterocycles. The van der Waals surface area contributed by atoms with Gasteiger partial charge in [-0.25, -0.2) is 4.79 Å². The number of aliphatic hydroxyl groups is 1. The molecule has 2 amide bonds. The van der Waals surface area contributed by atoms with Crippen molar-refractivity contribution in [3.63, 3.8) is 0 Å². The van der Waals surface area contributed by atoms with E-state index < -0.39 is 5.97 Å². The molecule has 1 rings (SSSR count). The Morgan fingerprint density at radius 2 is 2.00 bits per heavy atom. The smallest absolute Gasteiger partial charge is 0.323 e. The molecule has 0 aromatic carbocycles. The van der Waals surface area contributed by atoms with Crippen LogP contribution in [0.15, 0.2) is 0 Å². The van der Waals surface area contributed by atoms with Crippen molar-refractivity contribution in [3.05, 3.63) is 0 Å². The van der Waals surface area contributed by atoms with Gasteiger partial charge in [-0.15, -0.1) is 6.42 Å². The van der Waals surface area contributed by atoms with Crippen LogP contribution in [0.5, 0.6) is 0 Å². The number of amides is 2. The average Bonchev–Trinajstić information content (AvgIpc) is 2.63. The number of carbonyl (C=O) groups excluding carboxylic acids is 1. The molecule has 0 atom stereocenters. The van der Waals surface area contributed by atoms with Gasteiger partial charge >= 0.3 is 12.0 Å². The minimum absolute atomic E-state index is 0.0119. The van der Waals surface area contributed by atoms with Crippen LogP contribution in [0.1, 0.15) is 6.42 Å². The third-order valence-corrected chi connectivity index (χ3v) is 3.15. The first-order valence-electron chi connectivity index (χ1n) is 6.60. The van der Waals surface area contributed by atoms with Crippen LogP contribution >= 0.6 is 0 Å². The number of terminal acetylenes is 1. The molecule has 1 heterocycles. The Labute approximate surface area is 118 Å². The predicted octanol–water partition coefficient (Wildman–Crippen LogP) is -0.874. The fourth-order valence-corrected chi connectivity index (χ4v) is 2.19. The standard InChI is InChI=1S/C13H21N3O4/c1-2-4-16(11-12(18)19)13(20)15-6-3-5-14(7-8-15)9-10-17/h1,17H,3-11H2,(H,18,19). The average molecular weight is 283 g/mol. The lowest BCUT2D eigenvalue weighted by Crippen LogP contribution is -2.46. The molecule has 0 unspecified atom stereocenters. The van der Waals surface area contributed by atoms with E-state index in [4.69, 9.17) is 16.6 Å². The molecule has 0 radical (unpaired) electrons. The van der Waals surface area contributed by atoms with Crippen molar-refractivity contribution >= 4 is 12.0 Å². The lowest BCUT2D eigenvalue weighted by atomic mass is 10.4. The lowest BCUT2D eigenvalue weighted by molar-refractivity contribution is -0.137. The summed E-state index contributed by atoms with van der Waals surface area (Å²) >= 11 is 0. The summed E-state index contributed by atoms with van der Waals surface area (Å²) in [5.41, 5.74) is 0. The maximum atomic E-state index is 12.3. The Morgan fingerprint density at radius 1 is 1.25 bits per heavy atom. The predicted molar refractivity (Wildman–Crippen MR) is 73.2 cm³/mol. The molecule has 7 heteroatoms. The van der Waals surface area contributed by atoms with Crippen molar-refractivity contribution in [2.45, 2.75) is 6.42 Å². The molecule has 7 nitrogen and oxygen atoms in total. The van der Waals surface area contributed by atoms with Gasteiger partial charge in [0.2, 0.25) is 0 Å². The summed E-state index contributed by atoms with van der Waals surface area (Å²) in [7, 11) is 0. The molecule has 112 valence electrons. The molecule has 0 aliphatic carbocycles. The van der Waals surface area contributed by atoms with Crippen molar-refractivity contribution in [1.29, 1.82) is 0 Å². The minimum Gasteiger partial charge on any atom is -0.480 e. The number of β-amino-alcohol motifs (C(OH)–C–C–N with tert-alkyl or cyclic N) is 1. The van der Waals surface area contributed by atoms with Gasteiger partial charge in [0.15, 0.2) is 0 Å². The highest BCUT2D eigenvalue weighted by Gasteiger charge is 2.24. The molecule has 2 N–H and O–H groups in total. The van der Waals surface area contributed by atoms with E-state index in [1.54, 1.807) is 4.90 Å². The molecule has 1 fully saturated rings. The van der Waals surface area contributed by atoms with Gasteiger partial charge < -0.3 is 20.0 Å². The number of hydrogen-bond acceptors (Lipinski definition) is 4. The first kappa shape index (κ1) is 16.3. The zero-order chi connectivity index (χ0) is 15.0. The van der Waals surface area contributed by atoms with Crippen LogP contribution in [-0.4, -0.2) is 89.3 Å². The van der Waals surface area contributed by atoms with E-state index >= 15 is 0 Å². The summed E-state index contributed by atoms with van der Waals surface area (Å²) < 4.78 is 0. The normalized spacial score (nSPS) is 16.3. The monoisotopic (exact) mass is 283 g/mol. The number of aliphatic carboxylic acids is 1. The maximum Gasteiger partial charge on any atom is 0.323 e. The highest BCUT2D eigenvalue weighted by Crippen LogP contribution is 2.06. The van der Waals surface area contributed by atoms with E-state index in [1.165, 1.54) is 0 Å². The van der Waals surface area contributed by atoms with Gasteiger partial charge in [-0.1, -0.05) is 5.92 Å². The van der Waals surface area contributed by atoms with Crippen LogP contribution in [0, 0.1) is 12.3 Å². The highest BCUT2D eigenvalue weighted by molar-refractivity contribution is 5.80. The number of carboxylic acid groups (broad SMARTS) is 1. The molecule has 0 saturated carbocycles. The first-order valence-corrected chi connectivity index (χ1v) is 6.60. The lowest BCUT2D eigenvalue weighted by Gasteiger charge is -2.27. The number of nitrogens with zero attached hydrogens (tertiary/aromatic N) is 3.